The first kappa shape index (κ1) is 19.0. The largest absolute Gasteiger partial charge is 0.471 e. The third-order valence-electron chi connectivity index (χ3n) is 5.16. The standard InChI is InChI=1S/C13H23N.C3H4F3NO/c1-10-5-7-13(4)9-14-8-6-11(13)12(10,2)3;1-7-2(8)3(4,5)6/h6,10,14H,5,7-9H2,1-4H3;1H3,(H,7,8). The van der Waals surface area contributed by atoms with Crippen LogP contribution in [0.3, 0.4) is 0 Å². The third kappa shape index (κ3) is 4.03. The zero-order valence-corrected chi connectivity index (χ0v) is 14.0. The number of amides is 1. The lowest BCUT2D eigenvalue weighted by Crippen LogP contribution is -2.47. The highest BCUT2D eigenvalue weighted by Gasteiger charge is 2.45. The number of nitrogens with one attached hydrogen (secondary N) is 2. The molecule has 2 unspecified atom stereocenters. The van der Waals surface area contributed by atoms with Gasteiger partial charge in [0.1, 0.15) is 0 Å². The molecule has 1 aliphatic carbocycles. The van der Waals surface area contributed by atoms with Gasteiger partial charge in [0.2, 0.25) is 0 Å². The van der Waals surface area contributed by atoms with E-state index in [4.69, 9.17) is 0 Å². The van der Waals surface area contributed by atoms with Crippen molar-refractivity contribution in [3.63, 3.8) is 0 Å². The highest BCUT2D eigenvalue weighted by atomic mass is 19.4. The molecule has 1 heterocycles. The van der Waals surface area contributed by atoms with Gasteiger partial charge in [-0.25, -0.2) is 0 Å². The Labute approximate surface area is 130 Å². The summed E-state index contributed by atoms with van der Waals surface area (Å²) < 4.78 is 33.1. The van der Waals surface area contributed by atoms with Gasteiger partial charge < -0.3 is 10.6 Å². The van der Waals surface area contributed by atoms with Crippen molar-refractivity contribution in [3.8, 4) is 0 Å². The molecule has 1 amide bonds. The Morgan fingerprint density at radius 2 is 1.95 bits per heavy atom. The summed E-state index contributed by atoms with van der Waals surface area (Å²) in [7, 11) is 0.926. The predicted octanol–water partition coefficient (Wildman–Crippen LogP) is 3.27. The van der Waals surface area contributed by atoms with E-state index in [1.54, 1.807) is 5.57 Å². The van der Waals surface area contributed by atoms with Crippen LogP contribution < -0.4 is 10.6 Å². The fourth-order valence-corrected chi connectivity index (χ4v) is 3.43. The molecule has 0 aromatic carbocycles. The number of hydrogen-bond acceptors (Lipinski definition) is 2. The normalized spacial score (nSPS) is 30.4. The van der Waals surface area contributed by atoms with Crippen molar-refractivity contribution < 1.29 is 18.0 Å². The van der Waals surface area contributed by atoms with E-state index in [1.807, 2.05) is 0 Å². The van der Waals surface area contributed by atoms with Gasteiger partial charge in [0.15, 0.2) is 0 Å². The van der Waals surface area contributed by atoms with E-state index in [2.05, 4.69) is 39.1 Å². The number of carbonyl (C=O) groups is 1. The van der Waals surface area contributed by atoms with Crippen LogP contribution in [0.5, 0.6) is 0 Å². The van der Waals surface area contributed by atoms with Gasteiger partial charge in [0.25, 0.3) is 0 Å². The molecule has 1 saturated carbocycles. The average molecular weight is 320 g/mol. The minimum absolute atomic E-state index is 0.412. The van der Waals surface area contributed by atoms with Gasteiger partial charge >= 0.3 is 12.1 Å². The summed E-state index contributed by atoms with van der Waals surface area (Å²) in [6, 6.07) is 0. The molecule has 3 nitrogen and oxygen atoms in total. The van der Waals surface area contributed by atoms with Crippen LogP contribution in [0.2, 0.25) is 0 Å². The Morgan fingerprint density at radius 3 is 2.41 bits per heavy atom. The summed E-state index contributed by atoms with van der Waals surface area (Å²) in [5.74, 6) is -1.09. The van der Waals surface area contributed by atoms with Gasteiger partial charge in [-0.3, -0.25) is 4.79 Å². The van der Waals surface area contributed by atoms with Crippen molar-refractivity contribution in [2.75, 3.05) is 20.1 Å². The zero-order chi connectivity index (χ0) is 17.2. The maximum atomic E-state index is 11.0. The number of fused-ring (bicyclic) bond motifs is 1. The quantitative estimate of drug-likeness (QED) is 0.673. The second kappa shape index (κ2) is 6.60. The van der Waals surface area contributed by atoms with Crippen molar-refractivity contribution in [1.82, 2.24) is 10.6 Å². The molecular weight excluding hydrogens is 293 g/mol. The summed E-state index contributed by atoms with van der Waals surface area (Å²) in [5.41, 5.74) is 2.56. The van der Waals surface area contributed by atoms with Gasteiger partial charge in [0.05, 0.1) is 0 Å². The smallest absolute Gasteiger partial charge is 0.351 e. The summed E-state index contributed by atoms with van der Waals surface area (Å²) >= 11 is 0. The first-order chi connectivity index (χ1) is 9.95. The van der Waals surface area contributed by atoms with E-state index in [1.165, 1.54) is 24.7 Å². The third-order valence-corrected chi connectivity index (χ3v) is 5.16. The molecule has 2 aliphatic rings. The molecule has 0 bridgehead atoms. The Morgan fingerprint density at radius 1 is 1.36 bits per heavy atom. The van der Waals surface area contributed by atoms with Crippen LogP contribution in [-0.4, -0.2) is 32.2 Å². The van der Waals surface area contributed by atoms with Crippen LogP contribution in [0, 0.1) is 16.7 Å². The Bertz CT molecular complexity index is 443. The van der Waals surface area contributed by atoms with Crippen LogP contribution in [-0.2, 0) is 4.79 Å². The van der Waals surface area contributed by atoms with Crippen molar-refractivity contribution in [2.45, 2.75) is 46.7 Å². The molecule has 2 atom stereocenters. The lowest BCUT2D eigenvalue weighted by Gasteiger charge is -2.51. The van der Waals surface area contributed by atoms with Gasteiger partial charge in [-0.15, -0.1) is 0 Å². The second-order valence-corrected chi connectivity index (χ2v) is 7.05. The molecule has 0 aromatic rings. The highest BCUT2D eigenvalue weighted by molar-refractivity contribution is 5.81. The number of hydrogen-bond donors (Lipinski definition) is 2. The van der Waals surface area contributed by atoms with Crippen LogP contribution in [0.1, 0.15) is 40.5 Å². The van der Waals surface area contributed by atoms with E-state index in [0.717, 1.165) is 19.5 Å². The number of halogens is 3. The summed E-state index contributed by atoms with van der Waals surface area (Å²) in [6.07, 6.45) is 0.437. The fraction of sp³-hybridized carbons (Fsp3) is 0.812. The molecule has 0 radical (unpaired) electrons. The van der Waals surface area contributed by atoms with E-state index >= 15 is 0 Å². The van der Waals surface area contributed by atoms with Crippen molar-refractivity contribution >= 4 is 5.91 Å². The van der Waals surface area contributed by atoms with Crippen LogP contribution in [0.15, 0.2) is 11.6 Å². The monoisotopic (exact) mass is 320 g/mol. The zero-order valence-electron chi connectivity index (χ0n) is 14.0. The van der Waals surface area contributed by atoms with Crippen LogP contribution in [0.25, 0.3) is 0 Å². The summed E-state index contributed by atoms with van der Waals surface area (Å²) in [5, 5.41) is 4.94. The number of rotatable bonds is 0. The average Bonchev–Trinajstić information content (AvgIpc) is 2.42. The molecule has 2 N–H and O–H groups in total. The molecule has 0 aromatic heterocycles. The fourth-order valence-electron chi connectivity index (χ4n) is 3.43. The van der Waals surface area contributed by atoms with E-state index < -0.39 is 12.1 Å². The van der Waals surface area contributed by atoms with Crippen LogP contribution in [0.4, 0.5) is 13.2 Å². The molecule has 128 valence electrons. The Balaban J connectivity index is 0.000000261. The highest BCUT2D eigenvalue weighted by Crippen LogP contribution is 2.53. The topological polar surface area (TPSA) is 41.1 Å². The number of alkyl halides is 3. The summed E-state index contributed by atoms with van der Waals surface area (Å²) in [4.78, 5) is 9.60. The van der Waals surface area contributed by atoms with E-state index in [-0.39, 0.29) is 0 Å². The lowest BCUT2D eigenvalue weighted by atomic mass is 9.55. The Hall–Kier alpha value is -1.04. The van der Waals surface area contributed by atoms with Crippen molar-refractivity contribution in [1.29, 1.82) is 0 Å². The molecular formula is C16H27F3N2O. The lowest BCUT2D eigenvalue weighted by molar-refractivity contribution is -0.172. The molecule has 1 fully saturated rings. The first-order valence-electron chi connectivity index (χ1n) is 7.66. The number of carbonyl (C=O) groups excluding carboxylic acids is 1. The second-order valence-electron chi connectivity index (χ2n) is 7.05. The van der Waals surface area contributed by atoms with Crippen molar-refractivity contribution in [3.05, 3.63) is 11.6 Å². The molecule has 0 saturated heterocycles. The first-order valence-corrected chi connectivity index (χ1v) is 7.66. The van der Waals surface area contributed by atoms with Crippen molar-refractivity contribution in [2.24, 2.45) is 16.7 Å². The molecule has 22 heavy (non-hydrogen) atoms. The van der Waals surface area contributed by atoms with E-state index in [9.17, 15) is 18.0 Å². The molecule has 2 rings (SSSR count). The summed E-state index contributed by atoms with van der Waals surface area (Å²) in [6.45, 7) is 11.9. The minimum atomic E-state index is -4.74. The van der Waals surface area contributed by atoms with Gasteiger partial charge in [-0.05, 0) is 24.2 Å². The maximum absolute atomic E-state index is 11.0. The van der Waals surface area contributed by atoms with Gasteiger partial charge in [0, 0.05) is 25.6 Å². The minimum Gasteiger partial charge on any atom is -0.351 e. The Kier molecular flexibility index (Phi) is 5.71. The van der Waals surface area contributed by atoms with Gasteiger partial charge in [-0.1, -0.05) is 39.3 Å². The van der Waals surface area contributed by atoms with E-state index in [0.29, 0.717) is 10.8 Å². The maximum Gasteiger partial charge on any atom is 0.471 e. The molecule has 6 heteroatoms. The molecule has 1 aliphatic heterocycles. The predicted molar refractivity (Wildman–Crippen MR) is 81.4 cm³/mol. The van der Waals surface area contributed by atoms with Gasteiger partial charge in [-0.2, -0.15) is 13.2 Å². The van der Waals surface area contributed by atoms with Crippen LogP contribution >= 0.6 is 0 Å². The molecule has 0 spiro atoms. The SMILES string of the molecule is CC1CCC2(C)CNCC=C2C1(C)C.CNC(=O)C(F)(F)F.